The van der Waals surface area contributed by atoms with Crippen molar-refractivity contribution in [2.75, 3.05) is 0 Å². The van der Waals surface area contributed by atoms with Gasteiger partial charge in [0.05, 0.1) is 0 Å². The van der Waals surface area contributed by atoms with Crippen LogP contribution in [0.15, 0.2) is 121 Å². The van der Waals surface area contributed by atoms with Gasteiger partial charge in [-0.05, 0) is 88.4 Å². The Balaban J connectivity index is 0.000000254. The molecule has 0 nitrogen and oxygen atoms in total. The molecule has 0 unspecified atom stereocenters. The van der Waals surface area contributed by atoms with E-state index < -0.39 is 15.8 Å². The smallest absolute Gasteiger partial charge is 1.00 e. The monoisotopic (exact) mass is 695 g/mol. The number of hydrogen-bond acceptors (Lipinski definition) is 0. The molecule has 0 amide bonds. The van der Waals surface area contributed by atoms with Crippen molar-refractivity contribution in [1.29, 1.82) is 0 Å². The second-order valence-corrected chi connectivity index (χ2v) is 12.7. The summed E-state index contributed by atoms with van der Waals surface area (Å²) in [7, 11) is -0.818. The van der Waals surface area contributed by atoms with Gasteiger partial charge in [0, 0.05) is 11.3 Å². The SMILES string of the molecule is [CH]1[CH][CH][C](P(c2ccccc2)c2ccccc2)[CH]1.[CH]1[CH][CH][C](P(c2ccccc2)c2ccccc2)[CH]1.[Cl-].[Fe+2].[Pd+2]. The number of halogens is 1. The molecule has 0 aromatic heterocycles. The molecule has 0 spiro atoms. The molecule has 39 heavy (non-hydrogen) atoms. The first kappa shape index (κ1) is 34.4. The summed E-state index contributed by atoms with van der Waals surface area (Å²) in [6.07, 6.45) is 17.4. The van der Waals surface area contributed by atoms with Crippen molar-refractivity contribution < 1.29 is 49.9 Å². The Morgan fingerprint density at radius 1 is 0.333 bits per heavy atom. The summed E-state index contributed by atoms with van der Waals surface area (Å²) >= 11 is 0. The molecular formula is C34H28ClFeP2Pd+3. The molecule has 2 fully saturated rings. The summed E-state index contributed by atoms with van der Waals surface area (Å²) in [6, 6.07) is 43.1. The standard InChI is InChI=1S/2C17H14P.ClH.Fe.Pd/c2*1-3-9-15(10-4-1)18(17-13-7-8-14-17)16-11-5-2-6-12-16;;;/h2*1-14H;1H;;/q;;;2*+2/p-1. The Morgan fingerprint density at radius 2 is 0.538 bits per heavy atom. The quantitative estimate of drug-likeness (QED) is 0.212. The van der Waals surface area contributed by atoms with E-state index in [9.17, 15) is 0 Å². The van der Waals surface area contributed by atoms with Crippen molar-refractivity contribution >= 4 is 37.1 Å². The molecule has 2 aliphatic rings. The van der Waals surface area contributed by atoms with Crippen molar-refractivity contribution in [3.05, 3.63) is 184 Å². The second kappa shape index (κ2) is 18.6. The van der Waals surface area contributed by atoms with Crippen LogP contribution in [0, 0.1) is 62.7 Å². The van der Waals surface area contributed by atoms with Crippen molar-refractivity contribution in [2.24, 2.45) is 0 Å². The molecule has 6 rings (SSSR count). The molecule has 2 saturated carbocycles. The van der Waals surface area contributed by atoms with Crippen LogP contribution in [-0.4, -0.2) is 0 Å². The molecule has 10 radical (unpaired) electrons. The van der Waals surface area contributed by atoms with Crippen LogP contribution in [0.25, 0.3) is 0 Å². The van der Waals surface area contributed by atoms with Crippen molar-refractivity contribution in [2.45, 2.75) is 0 Å². The Hall–Kier alpha value is -0.788. The van der Waals surface area contributed by atoms with Crippen LogP contribution in [-0.2, 0) is 37.5 Å². The van der Waals surface area contributed by atoms with E-state index >= 15 is 0 Å². The minimum atomic E-state index is -0.409. The summed E-state index contributed by atoms with van der Waals surface area (Å²) in [4.78, 5) is 0. The topological polar surface area (TPSA) is 0 Å². The van der Waals surface area contributed by atoms with Crippen LogP contribution >= 0.6 is 15.8 Å². The second-order valence-electron chi connectivity index (χ2n) is 8.30. The van der Waals surface area contributed by atoms with Crippen LogP contribution in [0.5, 0.6) is 0 Å². The number of rotatable bonds is 6. The third kappa shape index (κ3) is 9.63. The molecule has 196 valence electrons. The van der Waals surface area contributed by atoms with E-state index in [1.54, 1.807) is 0 Å². The molecule has 0 heterocycles. The normalized spacial score (nSPS) is 15.0. The first-order valence-electron chi connectivity index (χ1n) is 12.1. The van der Waals surface area contributed by atoms with Gasteiger partial charge in [0.2, 0.25) is 0 Å². The minimum absolute atomic E-state index is 0. The van der Waals surface area contributed by atoms with Crippen LogP contribution in [0.2, 0.25) is 0 Å². The third-order valence-electron chi connectivity index (χ3n) is 5.86. The van der Waals surface area contributed by atoms with E-state index in [0.29, 0.717) is 0 Å². The van der Waals surface area contributed by atoms with Crippen LogP contribution in [0.1, 0.15) is 0 Å². The fourth-order valence-electron chi connectivity index (χ4n) is 4.23. The predicted octanol–water partition coefficient (Wildman–Crippen LogP) is 3.96. The van der Waals surface area contributed by atoms with Crippen LogP contribution < -0.4 is 33.6 Å². The molecule has 0 bridgehead atoms. The molecule has 2 aliphatic carbocycles. The van der Waals surface area contributed by atoms with Gasteiger partial charge in [0.15, 0.2) is 0 Å². The fraction of sp³-hybridized carbons (Fsp3) is 0. The Labute approximate surface area is 269 Å². The van der Waals surface area contributed by atoms with Gasteiger partial charge < -0.3 is 12.4 Å². The zero-order chi connectivity index (χ0) is 24.4. The maximum Gasteiger partial charge on any atom is 2.00 e. The summed E-state index contributed by atoms with van der Waals surface area (Å²) < 4.78 is 0. The average molecular weight is 696 g/mol. The molecule has 0 saturated heterocycles. The zero-order valence-electron chi connectivity index (χ0n) is 21.1. The van der Waals surface area contributed by atoms with E-state index in [-0.39, 0.29) is 49.9 Å². The van der Waals surface area contributed by atoms with Gasteiger partial charge in [-0.1, -0.05) is 121 Å². The van der Waals surface area contributed by atoms with E-state index in [2.05, 4.69) is 173 Å². The third-order valence-corrected chi connectivity index (χ3v) is 10.8. The van der Waals surface area contributed by atoms with Crippen LogP contribution in [0.3, 0.4) is 0 Å². The Bertz CT molecular complexity index is 979. The van der Waals surface area contributed by atoms with E-state index in [0.717, 1.165) is 0 Å². The van der Waals surface area contributed by atoms with Gasteiger partial charge in [-0.15, -0.1) is 0 Å². The Morgan fingerprint density at radius 3 is 0.744 bits per heavy atom. The fourth-order valence-corrected chi connectivity index (χ4v) is 8.84. The van der Waals surface area contributed by atoms with E-state index in [1.807, 2.05) is 0 Å². The molecule has 4 aromatic carbocycles. The molecule has 0 N–H and O–H groups in total. The van der Waals surface area contributed by atoms with Gasteiger partial charge >= 0.3 is 37.5 Å². The summed E-state index contributed by atoms with van der Waals surface area (Å²) in [5, 5.41) is 5.63. The molecule has 4 aromatic rings. The molecular weight excluding hydrogens is 668 g/mol. The summed E-state index contributed by atoms with van der Waals surface area (Å²) in [5.74, 6) is 0. The zero-order valence-corrected chi connectivity index (χ0v) is 26.3. The Kier molecular flexibility index (Phi) is 16.4. The van der Waals surface area contributed by atoms with Crippen LogP contribution in [0.4, 0.5) is 0 Å². The largest absolute Gasteiger partial charge is 2.00 e. The average Bonchev–Trinajstić information content (AvgIpc) is 3.68. The van der Waals surface area contributed by atoms with Gasteiger partial charge in [-0.3, -0.25) is 0 Å². The number of hydrogen-bond donors (Lipinski definition) is 0. The minimum Gasteiger partial charge on any atom is -1.00 e. The van der Waals surface area contributed by atoms with Crippen molar-refractivity contribution in [1.82, 2.24) is 0 Å². The molecule has 0 atom stereocenters. The van der Waals surface area contributed by atoms with E-state index in [4.69, 9.17) is 0 Å². The van der Waals surface area contributed by atoms with Gasteiger partial charge in [0.25, 0.3) is 0 Å². The van der Waals surface area contributed by atoms with Crippen molar-refractivity contribution in [3.63, 3.8) is 0 Å². The first-order chi connectivity index (χ1) is 17.9. The van der Waals surface area contributed by atoms with Gasteiger partial charge in [-0.25, -0.2) is 0 Å². The molecule has 5 heteroatoms. The predicted molar refractivity (Wildman–Crippen MR) is 159 cm³/mol. The van der Waals surface area contributed by atoms with Crippen molar-refractivity contribution in [3.8, 4) is 0 Å². The summed E-state index contributed by atoms with van der Waals surface area (Å²) in [5.41, 5.74) is 2.84. The number of benzene rings is 4. The summed E-state index contributed by atoms with van der Waals surface area (Å²) in [6.45, 7) is 0. The van der Waals surface area contributed by atoms with Gasteiger partial charge in [0.1, 0.15) is 0 Å². The maximum atomic E-state index is 2.23. The maximum absolute atomic E-state index is 2.23. The first-order valence-corrected chi connectivity index (χ1v) is 14.8. The molecule has 0 aliphatic heterocycles. The van der Waals surface area contributed by atoms with E-state index in [1.165, 1.54) is 32.5 Å². The van der Waals surface area contributed by atoms with Gasteiger partial charge in [-0.2, -0.15) is 0 Å².